The topological polar surface area (TPSA) is 336 Å². The number of carboxylic acids is 6. The lowest BCUT2D eigenvalue weighted by Crippen LogP contribution is -2.24. The number of benzene rings is 1. The Morgan fingerprint density at radius 1 is 0.618 bits per heavy atom. The average Bonchev–Trinajstić information content (AvgIpc) is 3.10. The fourth-order valence-electron chi connectivity index (χ4n) is 5.63. The SMILES string of the molecule is CCCCP(=O)(O)CC(CCC(=O)O)C(=O)O.O=C(O)CCC(CP(=O)(O)C1CCCCC1)C(=O)O.O=C(O)CCC(CP(=O)(O)c1ccccc1)C(=O)O. The molecule has 0 spiro atoms. The molecule has 0 heterocycles. The second-order valence-electron chi connectivity index (χ2n) is 13.5. The van der Waals surface area contributed by atoms with Gasteiger partial charge in [-0.05, 0) is 50.7 Å². The summed E-state index contributed by atoms with van der Waals surface area (Å²) in [5.74, 6) is -10.2. The Morgan fingerprint density at radius 2 is 1.02 bits per heavy atom. The molecule has 1 aliphatic rings. The number of carbonyl (C=O) groups is 6. The molecular formula is C34H55O18P3. The number of unbranched alkanes of at least 4 members (excludes halogenated alkanes) is 1. The molecule has 1 fully saturated rings. The summed E-state index contributed by atoms with van der Waals surface area (Å²) in [6, 6.07) is 7.77. The Morgan fingerprint density at radius 3 is 1.40 bits per heavy atom. The minimum atomic E-state index is -3.79. The fraction of sp³-hybridized carbons (Fsp3) is 0.647. The number of rotatable bonds is 23. The van der Waals surface area contributed by atoms with Crippen LogP contribution in [0.4, 0.5) is 0 Å². The first-order valence-electron chi connectivity index (χ1n) is 17.8. The molecule has 6 unspecified atom stereocenters. The van der Waals surface area contributed by atoms with E-state index in [0.717, 1.165) is 25.7 Å². The summed E-state index contributed by atoms with van der Waals surface area (Å²) in [6.07, 6.45) is 3.22. The van der Waals surface area contributed by atoms with Crippen molar-refractivity contribution in [2.24, 2.45) is 17.8 Å². The second kappa shape index (κ2) is 25.7. The Kier molecular flexibility index (Phi) is 24.1. The van der Waals surface area contributed by atoms with Gasteiger partial charge in [0.2, 0.25) is 22.1 Å². The summed E-state index contributed by atoms with van der Waals surface area (Å²) in [7, 11) is -10.8. The van der Waals surface area contributed by atoms with Gasteiger partial charge < -0.3 is 45.3 Å². The van der Waals surface area contributed by atoms with E-state index in [1.807, 2.05) is 6.92 Å². The summed E-state index contributed by atoms with van der Waals surface area (Å²) in [6.45, 7) is 1.87. The van der Waals surface area contributed by atoms with Crippen LogP contribution in [-0.4, -0.2) is 111 Å². The largest absolute Gasteiger partial charge is 0.481 e. The van der Waals surface area contributed by atoms with Gasteiger partial charge in [0.05, 0.1) is 17.8 Å². The zero-order valence-corrected chi connectivity index (χ0v) is 33.4. The van der Waals surface area contributed by atoms with Crippen molar-refractivity contribution in [1.82, 2.24) is 0 Å². The zero-order valence-electron chi connectivity index (χ0n) is 30.8. The Bertz CT molecular complexity index is 1540. The van der Waals surface area contributed by atoms with Crippen molar-refractivity contribution in [3.63, 3.8) is 0 Å². The first kappa shape index (κ1) is 51.6. The Hall–Kier alpha value is -3.39. The van der Waals surface area contributed by atoms with Crippen LogP contribution >= 0.6 is 22.1 Å². The standard InChI is InChI=1S/C12H21O6P.C12H15O6P.C10H19O6P/c2*13-11(14)7-6-9(12(15)16)8-19(17,18)10-4-2-1-3-5-10;1-2-3-6-17(15,16)7-8(10(13)14)4-5-9(11)12/h9-10H,1-8H2,(H,13,14)(H,15,16)(H,17,18);1-5,9H,6-8H2,(H,13,14)(H,15,16)(H,17,18);8H,2-7H2,1H3,(H,11,12)(H,13,14)(H,15,16). The molecule has 18 nitrogen and oxygen atoms in total. The van der Waals surface area contributed by atoms with E-state index in [2.05, 4.69) is 0 Å². The summed E-state index contributed by atoms with van der Waals surface area (Å²) >= 11 is 0. The van der Waals surface area contributed by atoms with Crippen molar-refractivity contribution < 1.29 is 87.8 Å². The van der Waals surface area contributed by atoms with Crippen molar-refractivity contribution in [2.45, 2.75) is 96.1 Å². The van der Waals surface area contributed by atoms with Crippen molar-refractivity contribution in [1.29, 1.82) is 0 Å². The molecule has 1 aromatic rings. The second-order valence-corrected chi connectivity index (χ2v) is 20.9. The highest BCUT2D eigenvalue weighted by atomic mass is 31.2. The minimum absolute atomic E-state index is 0.0953. The molecule has 0 amide bonds. The number of aliphatic carboxylic acids is 6. The third-order valence-electron chi connectivity index (χ3n) is 8.79. The van der Waals surface area contributed by atoms with Gasteiger partial charge in [-0.1, -0.05) is 50.8 Å². The van der Waals surface area contributed by atoms with Crippen LogP contribution in [0.25, 0.3) is 0 Å². The lowest BCUT2D eigenvalue weighted by molar-refractivity contribution is -0.144. The van der Waals surface area contributed by atoms with E-state index in [1.54, 1.807) is 18.2 Å². The molecule has 6 atom stereocenters. The fourth-order valence-corrected chi connectivity index (χ4v) is 11.9. The highest BCUT2D eigenvalue weighted by Gasteiger charge is 2.37. The van der Waals surface area contributed by atoms with Crippen LogP contribution in [0, 0.1) is 17.8 Å². The normalized spacial score (nSPS) is 17.7. The highest BCUT2D eigenvalue weighted by molar-refractivity contribution is 7.66. The average molecular weight is 845 g/mol. The summed E-state index contributed by atoms with van der Waals surface area (Å²) in [5.41, 5.74) is -0.312. The van der Waals surface area contributed by atoms with Gasteiger partial charge in [0.15, 0.2) is 0 Å². The van der Waals surface area contributed by atoms with Crippen molar-refractivity contribution in [3.05, 3.63) is 30.3 Å². The molecule has 314 valence electrons. The van der Waals surface area contributed by atoms with Gasteiger partial charge in [-0.25, -0.2) is 0 Å². The molecule has 0 aromatic heterocycles. The van der Waals surface area contributed by atoms with Gasteiger partial charge in [-0.15, -0.1) is 0 Å². The summed E-state index contributed by atoms with van der Waals surface area (Å²) in [4.78, 5) is 93.7. The van der Waals surface area contributed by atoms with Gasteiger partial charge in [0, 0.05) is 54.9 Å². The molecular weight excluding hydrogens is 789 g/mol. The van der Waals surface area contributed by atoms with Crippen molar-refractivity contribution in [2.75, 3.05) is 24.6 Å². The zero-order chi connectivity index (χ0) is 42.4. The quantitative estimate of drug-likeness (QED) is 0.0659. The maximum Gasteiger partial charge on any atom is 0.307 e. The smallest absolute Gasteiger partial charge is 0.307 e. The van der Waals surface area contributed by atoms with Gasteiger partial charge in [-0.3, -0.25) is 42.5 Å². The van der Waals surface area contributed by atoms with Gasteiger partial charge in [-0.2, -0.15) is 0 Å². The summed E-state index contributed by atoms with van der Waals surface area (Å²) < 4.78 is 36.1. The lowest BCUT2D eigenvalue weighted by atomic mass is 10.0. The molecule has 0 saturated heterocycles. The lowest BCUT2D eigenvalue weighted by Gasteiger charge is -2.28. The van der Waals surface area contributed by atoms with E-state index in [1.165, 1.54) is 12.1 Å². The minimum Gasteiger partial charge on any atom is -0.481 e. The van der Waals surface area contributed by atoms with Gasteiger partial charge >= 0.3 is 35.8 Å². The molecule has 2 rings (SSSR count). The van der Waals surface area contributed by atoms with Crippen LogP contribution in [0.2, 0.25) is 0 Å². The van der Waals surface area contributed by atoms with E-state index in [4.69, 9.17) is 30.6 Å². The van der Waals surface area contributed by atoms with E-state index in [-0.39, 0.29) is 68.0 Å². The number of hydrogen-bond donors (Lipinski definition) is 9. The van der Waals surface area contributed by atoms with Crippen molar-refractivity contribution >= 4 is 63.2 Å². The van der Waals surface area contributed by atoms with Crippen LogP contribution in [0.5, 0.6) is 0 Å². The third kappa shape index (κ3) is 23.3. The number of carboxylic acid groups (broad SMARTS) is 6. The molecule has 1 aromatic carbocycles. The van der Waals surface area contributed by atoms with E-state index >= 15 is 0 Å². The first-order chi connectivity index (χ1) is 25.4. The monoisotopic (exact) mass is 844 g/mol. The van der Waals surface area contributed by atoms with E-state index in [9.17, 15) is 57.1 Å². The highest BCUT2D eigenvalue weighted by Crippen LogP contribution is 2.53. The van der Waals surface area contributed by atoms with E-state index < -0.39 is 81.8 Å². The van der Waals surface area contributed by atoms with Crippen LogP contribution in [0.15, 0.2) is 30.3 Å². The molecule has 0 aliphatic heterocycles. The van der Waals surface area contributed by atoms with Crippen LogP contribution < -0.4 is 5.30 Å². The molecule has 21 heteroatoms. The predicted molar refractivity (Wildman–Crippen MR) is 201 cm³/mol. The molecule has 1 saturated carbocycles. The van der Waals surface area contributed by atoms with Crippen LogP contribution in [0.3, 0.4) is 0 Å². The van der Waals surface area contributed by atoms with Crippen LogP contribution in [0.1, 0.15) is 90.4 Å². The predicted octanol–water partition coefficient (Wildman–Crippen LogP) is 4.93. The van der Waals surface area contributed by atoms with Crippen LogP contribution in [-0.2, 0) is 42.5 Å². The van der Waals surface area contributed by atoms with Gasteiger partial charge in [0.1, 0.15) is 0 Å². The Balaban J connectivity index is 0.000000797. The van der Waals surface area contributed by atoms with Gasteiger partial charge in [0.25, 0.3) is 0 Å². The molecule has 0 radical (unpaired) electrons. The van der Waals surface area contributed by atoms with E-state index in [0.29, 0.717) is 19.3 Å². The molecule has 0 bridgehead atoms. The van der Waals surface area contributed by atoms with Crippen molar-refractivity contribution in [3.8, 4) is 0 Å². The molecule has 1 aliphatic carbocycles. The maximum absolute atomic E-state index is 12.3. The molecule has 9 N–H and O–H groups in total. The summed E-state index contributed by atoms with van der Waals surface area (Å²) in [5, 5.41) is 52.6. The maximum atomic E-state index is 12.3. The molecule has 55 heavy (non-hydrogen) atoms. The third-order valence-corrected chi connectivity index (χ3v) is 15.5. The number of hydrogen-bond acceptors (Lipinski definition) is 9. The first-order valence-corrected chi connectivity index (χ1v) is 23.6. The Labute approximate surface area is 319 Å².